The van der Waals surface area contributed by atoms with E-state index in [1.807, 2.05) is 6.07 Å². The molecule has 0 saturated heterocycles. The summed E-state index contributed by atoms with van der Waals surface area (Å²) in [6, 6.07) is 6.53. The standard InChI is InChI=1S/C16H24N2O2S/c1-3-9-17-12(2)13-4-7-16-14(11-13)8-10-18(16)21(19,20)15-5-6-15/h4,7,11-12,15,17H,3,5-6,8-10H2,1-2H3. The summed E-state index contributed by atoms with van der Waals surface area (Å²) in [4.78, 5) is 0. The number of sulfonamides is 1. The zero-order chi connectivity index (χ0) is 15.0. The van der Waals surface area contributed by atoms with Gasteiger partial charge >= 0.3 is 0 Å². The number of hydrogen-bond acceptors (Lipinski definition) is 3. The predicted octanol–water partition coefficient (Wildman–Crippen LogP) is 2.60. The van der Waals surface area contributed by atoms with Crippen LogP contribution in [0, 0.1) is 0 Å². The molecule has 0 bridgehead atoms. The maximum absolute atomic E-state index is 12.4. The number of nitrogens with one attached hydrogen (secondary N) is 1. The van der Waals surface area contributed by atoms with E-state index in [0.29, 0.717) is 12.6 Å². The Bertz CT molecular complexity index is 623. The predicted molar refractivity (Wildman–Crippen MR) is 86.1 cm³/mol. The van der Waals surface area contributed by atoms with Crippen molar-refractivity contribution in [3.63, 3.8) is 0 Å². The van der Waals surface area contributed by atoms with Gasteiger partial charge in [0, 0.05) is 12.6 Å². The van der Waals surface area contributed by atoms with Gasteiger partial charge in [0.25, 0.3) is 0 Å². The summed E-state index contributed by atoms with van der Waals surface area (Å²) >= 11 is 0. The van der Waals surface area contributed by atoms with Gasteiger partial charge in [-0.05, 0) is 56.3 Å². The normalized spacial score (nSPS) is 19.6. The highest BCUT2D eigenvalue weighted by Gasteiger charge is 2.42. The number of fused-ring (bicyclic) bond motifs is 1. The van der Waals surface area contributed by atoms with Crippen LogP contribution in [0.25, 0.3) is 0 Å². The quantitative estimate of drug-likeness (QED) is 0.879. The van der Waals surface area contributed by atoms with Gasteiger partial charge in [0.1, 0.15) is 0 Å². The average molecular weight is 308 g/mol. The van der Waals surface area contributed by atoms with Crippen LogP contribution < -0.4 is 9.62 Å². The smallest absolute Gasteiger partial charge is 0.238 e. The lowest BCUT2D eigenvalue weighted by Crippen LogP contribution is -2.32. The fraction of sp³-hybridized carbons (Fsp3) is 0.625. The molecule has 1 aliphatic carbocycles. The van der Waals surface area contributed by atoms with E-state index in [1.54, 1.807) is 4.31 Å². The van der Waals surface area contributed by atoms with Crippen molar-refractivity contribution >= 4 is 15.7 Å². The van der Waals surface area contributed by atoms with Gasteiger partial charge in [0.2, 0.25) is 10.0 Å². The first-order valence-electron chi connectivity index (χ1n) is 7.91. The second kappa shape index (κ2) is 5.61. The van der Waals surface area contributed by atoms with Crippen LogP contribution in [-0.2, 0) is 16.4 Å². The van der Waals surface area contributed by atoms with Crippen molar-refractivity contribution in [3.05, 3.63) is 29.3 Å². The molecule has 1 aliphatic heterocycles. The van der Waals surface area contributed by atoms with Gasteiger partial charge < -0.3 is 5.32 Å². The van der Waals surface area contributed by atoms with Crippen LogP contribution in [0.2, 0.25) is 0 Å². The second-order valence-corrected chi connectivity index (χ2v) is 8.27. The second-order valence-electron chi connectivity index (χ2n) is 6.13. The Labute approximate surface area is 127 Å². The van der Waals surface area contributed by atoms with E-state index in [9.17, 15) is 8.42 Å². The maximum Gasteiger partial charge on any atom is 0.238 e. The highest BCUT2D eigenvalue weighted by atomic mass is 32.2. The zero-order valence-electron chi connectivity index (χ0n) is 12.8. The van der Waals surface area contributed by atoms with Gasteiger partial charge in [-0.2, -0.15) is 0 Å². The minimum Gasteiger partial charge on any atom is -0.310 e. The third-order valence-electron chi connectivity index (χ3n) is 4.41. The number of benzene rings is 1. The third-order valence-corrected chi connectivity index (χ3v) is 6.72. The van der Waals surface area contributed by atoms with E-state index in [2.05, 4.69) is 31.3 Å². The summed E-state index contributed by atoms with van der Waals surface area (Å²) in [7, 11) is -3.11. The van der Waals surface area contributed by atoms with Crippen LogP contribution >= 0.6 is 0 Å². The van der Waals surface area contributed by atoms with E-state index >= 15 is 0 Å². The monoisotopic (exact) mass is 308 g/mol. The number of anilines is 1. The van der Waals surface area contributed by atoms with Crippen LogP contribution in [0.3, 0.4) is 0 Å². The van der Waals surface area contributed by atoms with Gasteiger partial charge in [0.15, 0.2) is 0 Å². The highest BCUT2D eigenvalue weighted by Crippen LogP contribution is 2.38. The average Bonchev–Trinajstić information content (AvgIpc) is 3.24. The van der Waals surface area contributed by atoms with E-state index in [1.165, 1.54) is 11.1 Å². The Kier molecular flexibility index (Phi) is 3.97. The molecule has 1 N–H and O–H groups in total. The van der Waals surface area contributed by atoms with Crippen molar-refractivity contribution in [3.8, 4) is 0 Å². The molecule has 4 nitrogen and oxygen atoms in total. The number of nitrogens with zero attached hydrogens (tertiary/aromatic N) is 1. The largest absolute Gasteiger partial charge is 0.310 e. The molecule has 0 amide bonds. The fourth-order valence-electron chi connectivity index (χ4n) is 2.95. The summed E-state index contributed by atoms with van der Waals surface area (Å²) in [6.07, 6.45) is 3.59. The van der Waals surface area contributed by atoms with E-state index in [0.717, 1.165) is 37.9 Å². The van der Waals surface area contributed by atoms with Crippen molar-refractivity contribution in [2.24, 2.45) is 0 Å². The van der Waals surface area contributed by atoms with Crippen molar-refractivity contribution in [1.29, 1.82) is 0 Å². The molecule has 0 spiro atoms. The van der Waals surface area contributed by atoms with Crippen molar-refractivity contribution in [2.45, 2.75) is 50.8 Å². The van der Waals surface area contributed by atoms with Crippen LogP contribution in [0.1, 0.15) is 50.3 Å². The first-order valence-corrected chi connectivity index (χ1v) is 9.42. The Morgan fingerprint density at radius 1 is 1.38 bits per heavy atom. The number of rotatable bonds is 6. The molecule has 5 heteroatoms. The summed E-state index contributed by atoms with van der Waals surface area (Å²) in [6.45, 7) is 5.92. The van der Waals surface area contributed by atoms with Crippen LogP contribution in [0.4, 0.5) is 5.69 Å². The van der Waals surface area contributed by atoms with Crippen LogP contribution in [-0.4, -0.2) is 26.8 Å². The molecule has 1 heterocycles. The minimum atomic E-state index is -3.11. The fourth-order valence-corrected chi connectivity index (χ4v) is 4.84. The van der Waals surface area contributed by atoms with Gasteiger partial charge in [-0.3, -0.25) is 4.31 Å². The van der Waals surface area contributed by atoms with Crippen molar-refractivity contribution < 1.29 is 8.42 Å². The van der Waals surface area contributed by atoms with Crippen LogP contribution in [0.5, 0.6) is 0 Å². The van der Waals surface area contributed by atoms with Crippen molar-refractivity contribution in [1.82, 2.24) is 5.32 Å². The molecule has 1 aromatic rings. The Morgan fingerprint density at radius 3 is 2.81 bits per heavy atom. The summed E-state index contributed by atoms with van der Waals surface area (Å²) < 4.78 is 26.5. The van der Waals surface area contributed by atoms with Gasteiger partial charge in [-0.25, -0.2) is 8.42 Å². The Hall–Kier alpha value is -1.07. The first kappa shape index (κ1) is 14.9. The van der Waals surface area contributed by atoms with E-state index < -0.39 is 10.0 Å². The van der Waals surface area contributed by atoms with Gasteiger partial charge in [-0.15, -0.1) is 0 Å². The Morgan fingerprint density at radius 2 is 2.14 bits per heavy atom. The lowest BCUT2D eigenvalue weighted by Gasteiger charge is -2.20. The summed E-state index contributed by atoms with van der Waals surface area (Å²) in [5.41, 5.74) is 3.31. The molecule has 1 aromatic carbocycles. The molecule has 116 valence electrons. The molecule has 21 heavy (non-hydrogen) atoms. The summed E-state index contributed by atoms with van der Waals surface area (Å²) in [5.74, 6) is 0. The molecule has 1 fully saturated rings. The minimum absolute atomic E-state index is 0.131. The maximum atomic E-state index is 12.4. The third kappa shape index (κ3) is 2.81. The topological polar surface area (TPSA) is 49.4 Å². The SMILES string of the molecule is CCCNC(C)c1ccc2c(c1)CCN2S(=O)(=O)C1CC1. The summed E-state index contributed by atoms with van der Waals surface area (Å²) in [5, 5.41) is 3.35. The molecule has 1 saturated carbocycles. The molecule has 2 aliphatic rings. The molecule has 3 rings (SSSR count). The molecule has 1 unspecified atom stereocenters. The molecule has 0 radical (unpaired) electrons. The lowest BCUT2D eigenvalue weighted by molar-refractivity contribution is 0.570. The van der Waals surface area contributed by atoms with Crippen molar-refractivity contribution in [2.75, 3.05) is 17.4 Å². The Balaban J connectivity index is 1.82. The van der Waals surface area contributed by atoms with E-state index in [-0.39, 0.29) is 5.25 Å². The first-order chi connectivity index (χ1) is 10.0. The highest BCUT2D eigenvalue weighted by molar-refractivity contribution is 7.93. The van der Waals surface area contributed by atoms with Crippen LogP contribution in [0.15, 0.2) is 18.2 Å². The lowest BCUT2D eigenvalue weighted by atomic mass is 10.0. The molecular weight excluding hydrogens is 284 g/mol. The number of hydrogen-bond donors (Lipinski definition) is 1. The van der Waals surface area contributed by atoms with E-state index in [4.69, 9.17) is 0 Å². The van der Waals surface area contributed by atoms with Gasteiger partial charge in [0.05, 0.1) is 10.9 Å². The molecule has 0 aromatic heterocycles. The zero-order valence-corrected chi connectivity index (χ0v) is 13.6. The molecular formula is C16H24N2O2S. The molecule has 1 atom stereocenters. The van der Waals surface area contributed by atoms with Gasteiger partial charge in [-0.1, -0.05) is 19.1 Å².